The number of esters is 3. The van der Waals surface area contributed by atoms with E-state index < -0.39 is 54.5 Å². The van der Waals surface area contributed by atoms with Gasteiger partial charge in [-0.25, -0.2) is 0 Å². The first-order valence-electron chi connectivity index (χ1n) is 11.2. The summed E-state index contributed by atoms with van der Waals surface area (Å²) in [6.45, 7) is 7.22. The van der Waals surface area contributed by atoms with Gasteiger partial charge in [-0.2, -0.15) is 0 Å². The number of carbonyl (C=O) groups excluding carboxylic acids is 4. The van der Waals surface area contributed by atoms with Gasteiger partial charge in [0.25, 0.3) is 0 Å². The minimum atomic E-state index is -1.11. The lowest BCUT2D eigenvalue weighted by Crippen LogP contribution is -2.66. The summed E-state index contributed by atoms with van der Waals surface area (Å²) in [5, 5.41) is 2.68. The number of carbonyl (C=O) groups is 4. The predicted octanol–water partition coefficient (Wildman–Crippen LogP) is 2.02. The minimum absolute atomic E-state index is 0.241. The van der Waals surface area contributed by atoms with Crippen LogP contribution >= 0.6 is 0 Å². The molecule has 1 rings (SSSR count). The van der Waals surface area contributed by atoms with Crippen molar-refractivity contribution < 1.29 is 42.9 Å². The van der Waals surface area contributed by atoms with Crippen molar-refractivity contribution in [1.82, 2.24) is 5.32 Å². The van der Waals surface area contributed by atoms with E-state index in [-0.39, 0.29) is 6.61 Å². The molecule has 0 aromatic carbocycles. The standard InChI is InChI=1S/C22H37NO9/c1-6-7-8-9-10-11-12-28-22-19(23-14(2)24)21(31-17(5)27)20(30-16(4)26)18(32-22)13-29-15(3)25/h18-22H,6-13H2,1-5H3,(H,23,24). The number of nitrogens with one attached hydrogen (secondary N) is 1. The molecular formula is C22H37NO9. The first-order valence-corrected chi connectivity index (χ1v) is 11.2. The van der Waals surface area contributed by atoms with Crippen LogP contribution in [0.3, 0.4) is 0 Å². The molecule has 10 heteroatoms. The molecule has 0 spiro atoms. The van der Waals surface area contributed by atoms with Crippen molar-refractivity contribution in [2.45, 2.75) is 104 Å². The van der Waals surface area contributed by atoms with Gasteiger partial charge in [0, 0.05) is 34.3 Å². The van der Waals surface area contributed by atoms with Crippen molar-refractivity contribution in [1.29, 1.82) is 0 Å². The molecule has 32 heavy (non-hydrogen) atoms. The molecule has 0 radical (unpaired) electrons. The molecule has 184 valence electrons. The van der Waals surface area contributed by atoms with Crippen molar-refractivity contribution in [3.05, 3.63) is 0 Å². The van der Waals surface area contributed by atoms with E-state index in [1.165, 1.54) is 34.1 Å². The number of hydrogen-bond donors (Lipinski definition) is 1. The molecule has 1 heterocycles. The highest BCUT2D eigenvalue weighted by Gasteiger charge is 2.51. The van der Waals surface area contributed by atoms with Gasteiger partial charge in [0.05, 0.1) is 0 Å². The fourth-order valence-corrected chi connectivity index (χ4v) is 3.52. The van der Waals surface area contributed by atoms with Crippen LogP contribution in [0.2, 0.25) is 0 Å². The molecule has 5 unspecified atom stereocenters. The van der Waals surface area contributed by atoms with Crippen LogP contribution < -0.4 is 5.32 Å². The zero-order valence-electron chi connectivity index (χ0n) is 19.7. The van der Waals surface area contributed by atoms with E-state index in [1.54, 1.807) is 0 Å². The smallest absolute Gasteiger partial charge is 0.303 e. The summed E-state index contributed by atoms with van der Waals surface area (Å²) in [6, 6.07) is -0.922. The minimum Gasteiger partial charge on any atom is -0.463 e. The van der Waals surface area contributed by atoms with Gasteiger partial charge in [0.1, 0.15) is 18.8 Å². The summed E-state index contributed by atoms with van der Waals surface area (Å²) < 4.78 is 27.7. The largest absolute Gasteiger partial charge is 0.463 e. The molecule has 0 aromatic rings. The van der Waals surface area contributed by atoms with Crippen molar-refractivity contribution in [3.63, 3.8) is 0 Å². The highest BCUT2D eigenvalue weighted by Crippen LogP contribution is 2.28. The van der Waals surface area contributed by atoms with Crippen LogP contribution in [0.15, 0.2) is 0 Å². The fourth-order valence-electron chi connectivity index (χ4n) is 3.52. The van der Waals surface area contributed by atoms with Crippen LogP contribution in [-0.4, -0.2) is 67.7 Å². The third-order valence-electron chi connectivity index (χ3n) is 4.85. The second kappa shape index (κ2) is 14.8. The second-order valence-corrected chi connectivity index (χ2v) is 7.86. The Balaban J connectivity index is 3.01. The third kappa shape index (κ3) is 10.4. The summed E-state index contributed by atoms with van der Waals surface area (Å²) >= 11 is 0. The van der Waals surface area contributed by atoms with E-state index >= 15 is 0 Å². The number of rotatable bonds is 13. The second-order valence-electron chi connectivity index (χ2n) is 7.86. The van der Waals surface area contributed by atoms with Crippen molar-refractivity contribution in [2.75, 3.05) is 13.2 Å². The van der Waals surface area contributed by atoms with E-state index in [2.05, 4.69) is 12.2 Å². The topological polar surface area (TPSA) is 126 Å². The van der Waals surface area contributed by atoms with Crippen LogP contribution in [0, 0.1) is 0 Å². The van der Waals surface area contributed by atoms with Gasteiger partial charge < -0.3 is 29.0 Å². The fraction of sp³-hybridized carbons (Fsp3) is 0.818. The van der Waals surface area contributed by atoms with Gasteiger partial charge >= 0.3 is 17.9 Å². The normalized spacial score (nSPS) is 25.0. The lowest BCUT2D eigenvalue weighted by molar-refractivity contribution is -0.277. The quantitative estimate of drug-likeness (QED) is 0.250. The number of amides is 1. The van der Waals surface area contributed by atoms with Gasteiger partial charge in [0.2, 0.25) is 5.91 Å². The molecule has 1 saturated heterocycles. The first kappa shape index (κ1) is 27.8. The van der Waals surface area contributed by atoms with Gasteiger partial charge in [0.15, 0.2) is 18.5 Å². The van der Waals surface area contributed by atoms with Crippen LogP contribution in [0.4, 0.5) is 0 Å². The van der Waals surface area contributed by atoms with Crippen molar-refractivity contribution in [2.24, 2.45) is 0 Å². The SMILES string of the molecule is CCCCCCCCOC1OC(COC(C)=O)C(OC(C)=O)C(OC(C)=O)C1NC(C)=O. The van der Waals surface area contributed by atoms with Crippen LogP contribution in [0.5, 0.6) is 0 Å². The first-order chi connectivity index (χ1) is 15.1. The molecule has 0 aliphatic carbocycles. The zero-order chi connectivity index (χ0) is 24.1. The molecular weight excluding hydrogens is 422 g/mol. The average molecular weight is 460 g/mol. The van der Waals surface area contributed by atoms with Crippen molar-refractivity contribution >= 4 is 23.8 Å². The molecule has 1 amide bonds. The summed E-state index contributed by atoms with van der Waals surface area (Å²) in [5.74, 6) is -2.22. The van der Waals surface area contributed by atoms with Gasteiger partial charge in [-0.3, -0.25) is 19.2 Å². The Morgan fingerprint density at radius 2 is 1.41 bits per heavy atom. The monoisotopic (exact) mass is 459 g/mol. The molecule has 1 aliphatic heterocycles. The Morgan fingerprint density at radius 1 is 0.812 bits per heavy atom. The van der Waals surface area contributed by atoms with E-state index in [9.17, 15) is 19.2 Å². The molecule has 5 atom stereocenters. The summed E-state index contributed by atoms with van der Waals surface area (Å²) in [7, 11) is 0. The van der Waals surface area contributed by atoms with Crippen LogP contribution in [0.25, 0.3) is 0 Å². The zero-order valence-corrected chi connectivity index (χ0v) is 19.7. The van der Waals surface area contributed by atoms with Crippen LogP contribution in [0.1, 0.15) is 73.1 Å². The predicted molar refractivity (Wildman–Crippen MR) is 113 cm³/mol. The molecule has 1 N–H and O–H groups in total. The Labute approximate surface area is 189 Å². The Bertz CT molecular complexity index is 625. The van der Waals surface area contributed by atoms with Gasteiger partial charge in [-0.05, 0) is 6.42 Å². The Kier molecular flexibility index (Phi) is 12.9. The maximum atomic E-state index is 11.9. The van der Waals surface area contributed by atoms with E-state index in [0.717, 1.165) is 32.1 Å². The third-order valence-corrected chi connectivity index (χ3v) is 4.85. The summed E-state index contributed by atoms with van der Waals surface area (Å²) in [4.78, 5) is 46.7. The lowest BCUT2D eigenvalue weighted by atomic mass is 9.96. The van der Waals surface area contributed by atoms with E-state index in [4.69, 9.17) is 23.7 Å². The average Bonchev–Trinajstić information content (AvgIpc) is 2.68. The highest BCUT2D eigenvalue weighted by molar-refractivity contribution is 5.73. The number of ether oxygens (including phenoxy) is 5. The van der Waals surface area contributed by atoms with Gasteiger partial charge in [-0.15, -0.1) is 0 Å². The lowest BCUT2D eigenvalue weighted by Gasteiger charge is -2.44. The summed E-state index contributed by atoms with van der Waals surface area (Å²) in [5.41, 5.74) is 0. The number of unbranched alkanes of at least 4 members (excludes halogenated alkanes) is 5. The van der Waals surface area contributed by atoms with E-state index in [1.807, 2.05) is 0 Å². The van der Waals surface area contributed by atoms with Gasteiger partial charge in [-0.1, -0.05) is 39.0 Å². The molecule has 0 aromatic heterocycles. The van der Waals surface area contributed by atoms with Crippen LogP contribution in [-0.2, 0) is 42.9 Å². The summed E-state index contributed by atoms with van der Waals surface area (Å²) in [6.07, 6.45) is 2.23. The molecule has 10 nitrogen and oxygen atoms in total. The number of hydrogen-bond acceptors (Lipinski definition) is 9. The molecule has 0 saturated carbocycles. The van der Waals surface area contributed by atoms with E-state index in [0.29, 0.717) is 6.61 Å². The Hall–Kier alpha value is -2.20. The highest BCUT2D eigenvalue weighted by atomic mass is 16.7. The molecule has 1 fully saturated rings. The molecule has 0 bridgehead atoms. The maximum Gasteiger partial charge on any atom is 0.303 e. The maximum absolute atomic E-state index is 11.9. The van der Waals surface area contributed by atoms with Crippen molar-refractivity contribution in [3.8, 4) is 0 Å². The Morgan fingerprint density at radius 3 is 1.97 bits per heavy atom. The molecule has 1 aliphatic rings.